The fourth-order valence-corrected chi connectivity index (χ4v) is 3.05. The predicted octanol–water partition coefficient (Wildman–Crippen LogP) is -0.0773. The Kier molecular flexibility index (Phi) is 5.66. The van der Waals surface area contributed by atoms with Gasteiger partial charge in [-0.15, -0.1) is 11.3 Å². The summed E-state index contributed by atoms with van der Waals surface area (Å²) in [6.45, 7) is 3.36. The van der Waals surface area contributed by atoms with Crippen LogP contribution in [0.3, 0.4) is 0 Å². The largest absolute Gasteiger partial charge is 0.378 e. The molecule has 1 fully saturated rings. The second-order valence-corrected chi connectivity index (χ2v) is 5.89. The van der Waals surface area contributed by atoms with E-state index in [9.17, 15) is 9.59 Å². The molecule has 0 aliphatic carbocycles. The van der Waals surface area contributed by atoms with E-state index < -0.39 is 0 Å². The van der Waals surface area contributed by atoms with E-state index in [1.165, 1.54) is 11.3 Å². The van der Waals surface area contributed by atoms with Crippen LogP contribution in [0, 0.1) is 0 Å². The second kappa shape index (κ2) is 7.48. The number of primary amides is 1. The lowest BCUT2D eigenvalue weighted by molar-refractivity contribution is -0.119. The molecule has 2 heterocycles. The molecule has 2 rings (SSSR count). The minimum absolute atomic E-state index is 0.0606. The Balaban J connectivity index is 1.94. The average Bonchev–Trinajstić information content (AvgIpc) is 2.78. The number of ether oxygens (including phenoxy) is 1. The van der Waals surface area contributed by atoms with Crippen molar-refractivity contribution in [2.75, 3.05) is 39.8 Å². The van der Waals surface area contributed by atoms with Gasteiger partial charge in [-0.2, -0.15) is 0 Å². The Morgan fingerprint density at radius 1 is 1.38 bits per heavy atom. The lowest BCUT2D eigenvalue weighted by Crippen LogP contribution is -2.38. The highest BCUT2D eigenvalue weighted by Gasteiger charge is 2.22. The molecule has 21 heavy (non-hydrogen) atoms. The van der Waals surface area contributed by atoms with Gasteiger partial charge in [-0.3, -0.25) is 14.5 Å². The van der Waals surface area contributed by atoms with Gasteiger partial charge in [0.1, 0.15) is 10.7 Å². The van der Waals surface area contributed by atoms with Crippen molar-refractivity contribution >= 4 is 23.2 Å². The molecule has 0 unspecified atom stereocenters. The van der Waals surface area contributed by atoms with Crippen molar-refractivity contribution in [2.45, 2.75) is 13.0 Å². The third kappa shape index (κ3) is 4.48. The molecule has 0 saturated carbocycles. The van der Waals surface area contributed by atoms with Crippen LogP contribution in [0.1, 0.15) is 21.9 Å². The number of thiazole rings is 1. The van der Waals surface area contributed by atoms with Crippen molar-refractivity contribution < 1.29 is 14.3 Å². The maximum absolute atomic E-state index is 12.4. The fraction of sp³-hybridized carbons (Fsp3) is 0.615. The number of rotatable bonds is 5. The van der Waals surface area contributed by atoms with Gasteiger partial charge in [-0.05, 0) is 6.42 Å². The summed E-state index contributed by atoms with van der Waals surface area (Å²) in [6, 6.07) is 0. The summed E-state index contributed by atoms with van der Waals surface area (Å²) in [5.74, 6) is -0.395. The molecule has 1 aromatic heterocycles. The van der Waals surface area contributed by atoms with Gasteiger partial charge in [-0.25, -0.2) is 4.98 Å². The van der Waals surface area contributed by atoms with Crippen molar-refractivity contribution in [2.24, 2.45) is 5.73 Å². The predicted molar refractivity (Wildman–Crippen MR) is 79.0 cm³/mol. The van der Waals surface area contributed by atoms with Gasteiger partial charge in [0.25, 0.3) is 5.91 Å². The number of hydrogen-bond acceptors (Lipinski definition) is 6. The smallest absolute Gasteiger partial charge is 0.273 e. The van der Waals surface area contributed by atoms with Crippen molar-refractivity contribution in [3.8, 4) is 0 Å². The van der Waals surface area contributed by atoms with Gasteiger partial charge in [0.2, 0.25) is 5.91 Å². The van der Waals surface area contributed by atoms with Gasteiger partial charge in [0, 0.05) is 38.7 Å². The zero-order valence-electron chi connectivity index (χ0n) is 12.1. The van der Waals surface area contributed by atoms with Crippen molar-refractivity contribution in [3.05, 3.63) is 16.1 Å². The standard InChI is InChI=1S/C13H20N4O3S/c1-20-8-12-15-10(9-21-12)13(19)17-4-2-3-16(5-6-17)7-11(14)18/h9H,2-8H2,1H3,(H2,14,18). The van der Waals surface area contributed by atoms with Crippen molar-refractivity contribution in [1.29, 1.82) is 0 Å². The maximum Gasteiger partial charge on any atom is 0.273 e. The van der Waals surface area contributed by atoms with E-state index in [-0.39, 0.29) is 18.4 Å². The Labute approximate surface area is 127 Å². The molecule has 8 heteroatoms. The molecule has 1 aliphatic rings. The first kappa shape index (κ1) is 15.9. The van der Waals surface area contributed by atoms with Crippen LogP contribution in [0.2, 0.25) is 0 Å². The first-order valence-electron chi connectivity index (χ1n) is 6.83. The average molecular weight is 312 g/mol. The molecule has 1 aromatic rings. The van der Waals surface area contributed by atoms with Gasteiger partial charge in [0.05, 0.1) is 13.2 Å². The molecule has 2 amide bonds. The second-order valence-electron chi connectivity index (χ2n) is 4.95. The SMILES string of the molecule is COCc1nc(C(=O)N2CCCN(CC(N)=O)CC2)cs1. The molecule has 0 aromatic carbocycles. The van der Waals surface area contributed by atoms with E-state index in [2.05, 4.69) is 4.98 Å². The molecule has 0 bridgehead atoms. The number of carbonyl (C=O) groups is 2. The van der Waals surface area contributed by atoms with Gasteiger partial charge in [0.15, 0.2) is 0 Å². The number of hydrogen-bond donors (Lipinski definition) is 1. The molecule has 1 saturated heterocycles. The fourth-order valence-electron chi connectivity index (χ4n) is 2.31. The van der Waals surface area contributed by atoms with E-state index in [4.69, 9.17) is 10.5 Å². The lowest BCUT2D eigenvalue weighted by atomic mass is 10.3. The zero-order chi connectivity index (χ0) is 15.2. The molecule has 1 aliphatic heterocycles. The van der Waals surface area contributed by atoms with Crippen LogP contribution in [0.4, 0.5) is 0 Å². The molecule has 0 radical (unpaired) electrons. The Hall–Kier alpha value is -1.51. The van der Waals surface area contributed by atoms with Crippen LogP contribution < -0.4 is 5.73 Å². The van der Waals surface area contributed by atoms with E-state index >= 15 is 0 Å². The summed E-state index contributed by atoms with van der Waals surface area (Å²) in [6.07, 6.45) is 0.827. The van der Waals surface area contributed by atoms with E-state index in [0.717, 1.165) is 18.0 Å². The monoisotopic (exact) mass is 312 g/mol. The first-order chi connectivity index (χ1) is 10.1. The summed E-state index contributed by atoms with van der Waals surface area (Å²) in [5, 5.41) is 2.56. The maximum atomic E-state index is 12.4. The zero-order valence-corrected chi connectivity index (χ0v) is 12.9. The number of aromatic nitrogens is 1. The molecule has 2 N–H and O–H groups in total. The normalized spacial score (nSPS) is 16.7. The minimum atomic E-state index is -0.335. The van der Waals surface area contributed by atoms with Crippen LogP contribution in [0.15, 0.2) is 5.38 Å². The first-order valence-corrected chi connectivity index (χ1v) is 7.71. The van der Waals surface area contributed by atoms with E-state index in [1.54, 1.807) is 17.4 Å². The summed E-state index contributed by atoms with van der Waals surface area (Å²) < 4.78 is 5.01. The molecule has 7 nitrogen and oxygen atoms in total. The van der Waals surface area contributed by atoms with E-state index in [0.29, 0.717) is 31.9 Å². The van der Waals surface area contributed by atoms with Gasteiger partial charge in [-0.1, -0.05) is 0 Å². The Bertz CT molecular complexity index is 505. The van der Waals surface area contributed by atoms with Gasteiger partial charge < -0.3 is 15.4 Å². The number of carbonyl (C=O) groups excluding carboxylic acids is 2. The topological polar surface area (TPSA) is 88.8 Å². The summed E-state index contributed by atoms with van der Waals surface area (Å²) in [7, 11) is 1.60. The Morgan fingerprint density at radius 3 is 2.90 bits per heavy atom. The molecular weight excluding hydrogens is 292 g/mol. The van der Waals surface area contributed by atoms with Crippen molar-refractivity contribution in [1.82, 2.24) is 14.8 Å². The van der Waals surface area contributed by atoms with Crippen LogP contribution in [-0.2, 0) is 16.1 Å². The van der Waals surface area contributed by atoms with Crippen LogP contribution >= 0.6 is 11.3 Å². The van der Waals surface area contributed by atoms with Gasteiger partial charge >= 0.3 is 0 Å². The van der Waals surface area contributed by atoms with Crippen LogP contribution in [0.25, 0.3) is 0 Å². The highest BCUT2D eigenvalue weighted by molar-refractivity contribution is 7.09. The summed E-state index contributed by atoms with van der Waals surface area (Å²) in [5.41, 5.74) is 5.68. The minimum Gasteiger partial charge on any atom is -0.378 e. The number of nitrogens with two attached hydrogens (primary N) is 1. The quantitative estimate of drug-likeness (QED) is 0.821. The molecule has 116 valence electrons. The number of nitrogens with zero attached hydrogens (tertiary/aromatic N) is 3. The molecule has 0 atom stereocenters. The molecular formula is C13H20N4O3S. The Morgan fingerprint density at radius 2 is 2.19 bits per heavy atom. The van der Waals surface area contributed by atoms with Crippen LogP contribution in [0.5, 0.6) is 0 Å². The van der Waals surface area contributed by atoms with Crippen molar-refractivity contribution in [3.63, 3.8) is 0 Å². The van der Waals surface area contributed by atoms with E-state index in [1.807, 2.05) is 4.90 Å². The summed E-state index contributed by atoms with van der Waals surface area (Å²) >= 11 is 1.43. The number of methoxy groups -OCH3 is 1. The third-order valence-electron chi connectivity index (χ3n) is 3.29. The molecule has 0 spiro atoms. The highest BCUT2D eigenvalue weighted by Crippen LogP contribution is 2.14. The third-order valence-corrected chi connectivity index (χ3v) is 4.12. The highest BCUT2D eigenvalue weighted by atomic mass is 32.1. The van der Waals surface area contributed by atoms with Crippen LogP contribution in [-0.4, -0.2) is 66.4 Å². The lowest BCUT2D eigenvalue weighted by Gasteiger charge is -2.20. The number of amides is 2. The summed E-state index contributed by atoms with van der Waals surface area (Å²) in [4.78, 5) is 31.4.